The molecule has 2 aromatic rings. The van der Waals surface area contributed by atoms with Crippen LogP contribution in [0.4, 0.5) is 0 Å². The molecule has 0 fully saturated rings. The number of carbonyl (C=O) groups excluding carboxylic acids is 1. The summed E-state index contributed by atoms with van der Waals surface area (Å²) < 4.78 is 0. The molecule has 0 aliphatic heterocycles. The second kappa shape index (κ2) is 6.64. The molecule has 2 rings (SSSR count). The first-order valence-electron chi connectivity index (χ1n) is 6.45. The Bertz CT molecular complexity index is 507. The average Bonchev–Trinajstić information content (AvgIpc) is 2.91. The number of thiophene rings is 1. The van der Waals surface area contributed by atoms with Crippen molar-refractivity contribution in [3.05, 3.63) is 58.3 Å². The smallest absolute Gasteiger partial charge is 0.166 e. The minimum absolute atomic E-state index is 0.0195. The van der Waals surface area contributed by atoms with Crippen LogP contribution in [0.15, 0.2) is 47.2 Å². The van der Waals surface area contributed by atoms with E-state index in [1.165, 1.54) is 5.56 Å². The monoisotopic (exact) mass is 273 g/mol. The Balaban J connectivity index is 1.90. The van der Waals surface area contributed by atoms with Crippen LogP contribution in [-0.4, -0.2) is 24.3 Å². The lowest BCUT2D eigenvalue weighted by atomic mass is 9.99. The predicted molar refractivity (Wildman–Crippen MR) is 80.6 cm³/mol. The standard InChI is InChI=1S/C16H19NOS/c1-13(16(18)15-6-4-3-5-7-15)10-17(2)11-14-8-9-19-12-14/h3-9,12-13H,10-11H2,1-2H3. The molecule has 0 saturated carbocycles. The molecule has 0 aliphatic carbocycles. The molecule has 1 unspecified atom stereocenters. The molecule has 2 nitrogen and oxygen atoms in total. The lowest BCUT2D eigenvalue weighted by Gasteiger charge is -2.20. The number of carbonyl (C=O) groups is 1. The SMILES string of the molecule is CC(CN(C)Cc1ccsc1)C(=O)c1ccccc1. The average molecular weight is 273 g/mol. The van der Waals surface area contributed by atoms with Crippen LogP contribution in [0.25, 0.3) is 0 Å². The van der Waals surface area contributed by atoms with Crippen molar-refractivity contribution in [1.82, 2.24) is 4.90 Å². The molecule has 1 aromatic heterocycles. The van der Waals surface area contributed by atoms with E-state index in [0.717, 1.165) is 18.7 Å². The summed E-state index contributed by atoms with van der Waals surface area (Å²) in [6.45, 7) is 3.68. The van der Waals surface area contributed by atoms with E-state index >= 15 is 0 Å². The van der Waals surface area contributed by atoms with E-state index in [0.29, 0.717) is 0 Å². The third-order valence-corrected chi connectivity index (χ3v) is 3.86. The fraction of sp³-hybridized carbons (Fsp3) is 0.312. The largest absolute Gasteiger partial charge is 0.301 e. The number of ketones is 1. The molecular formula is C16H19NOS. The number of nitrogens with zero attached hydrogens (tertiary/aromatic N) is 1. The molecule has 100 valence electrons. The summed E-state index contributed by atoms with van der Waals surface area (Å²) in [5, 5.41) is 4.24. The van der Waals surface area contributed by atoms with Crippen molar-refractivity contribution in [2.75, 3.05) is 13.6 Å². The van der Waals surface area contributed by atoms with Crippen molar-refractivity contribution >= 4 is 17.1 Å². The molecule has 0 aliphatic rings. The zero-order chi connectivity index (χ0) is 13.7. The van der Waals surface area contributed by atoms with Gasteiger partial charge in [-0.3, -0.25) is 4.79 Å². The summed E-state index contributed by atoms with van der Waals surface area (Å²) in [6, 6.07) is 11.7. The Morgan fingerprint density at radius 3 is 2.63 bits per heavy atom. The summed E-state index contributed by atoms with van der Waals surface area (Å²) in [5.74, 6) is 0.240. The maximum absolute atomic E-state index is 12.3. The van der Waals surface area contributed by atoms with E-state index in [-0.39, 0.29) is 11.7 Å². The maximum atomic E-state index is 12.3. The highest BCUT2D eigenvalue weighted by molar-refractivity contribution is 7.07. The molecule has 0 N–H and O–H groups in total. The van der Waals surface area contributed by atoms with Gasteiger partial charge in [-0.2, -0.15) is 11.3 Å². The summed E-state index contributed by atoms with van der Waals surface area (Å²) in [7, 11) is 2.06. The molecule has 0 spiro atoms. The number of Topliss-reactive ketones (excluding diaryl/α,β-unsaturated/α-hetero) is 1. The highest BCUT2D eigenvalue weighted by Gasteiger charge is 2.16. The van der Waals surface area contributed by atoms with Crippen molar-refractivity contribution in [2.24, 2.45) is 5.92 Å². The zero-order valence-corrected chi connectivity index (χ0v) is 12.2. The van der Waals surface area contributed by atoms with Crippen LogP contribution >= 0.6 is 11.3 Å². The van der Waals surface area contributed by atoms with Crippen LogP contribution in [0.3, 0.4) is 0 Å². The molecule has 1 heterocycles. The van der Waals surface area contributed by atoms with Gasteiger partial charge >= 0.3 is 0 Å². The first-order valence-corrected chi connectivity index (χ1v) is 7.40. The van der Waals surface area contributed by atoms with Crippen molar-refractivity contribution in [1.29, 1.82) is 0 Å². The predicted octanol–water partition coefficient (Wildman–Crippen LogP) is 3.70. The second-order valence-electron chi connectivity index (χ2n) is 4.96. The first kappa shape index (κ1) is 14.0. The van der Waals surface area contributed by atoms with Crippen LogP contribution in [0.2, 0.25) is 0 Å². The van der Waals surface area contributed by atoms with Gasteiger partial charge in [-0.05, 0) is 29.4 Å². The molecule has 1 aromatic carbocycles. The van der Waals surface area contributed by atoms with Gasteiger partial charge in [0.05, 0.1) is 0 Å². The number of rotatable bonds is 6. The topological polar surface area (TPSA) is 20.3 Å². The second-order valence-corrected chi connectivity index (χ2v) is 5.74. The maximum Gasteiger partial charge on any atom is 0.166 e. The first-order chi connectivity index (χ1) is 9.16. The Morgan fingerprint density at radius 1 is 1.26 bits per heavy atom. The number of hydrogen-bond acceptors (Lipinski definition) is 3. The van der Waals surface area contributed by atoms with Gasteiger partial charge in [-0.25, -0.2) is 0 Å². The van der Waals surface area contributed by atoms with E-state index in [1.807, 2.05) is 37.3 Å². The molecule has 0 bridgehead atoms. The minimum Gasteiger partial charge on any atom is -0.301 e. The Morgan fingerprint density at radius 2 is 2.00 bits per heavy atom. The van der Waals surface area contributed by atoms with Gasteiger partial charge in [0.25, 0.3) is 0 Å². The van der Waals surface area contributed by atoms with E-state index < -0.39 is 0 Å². The third-order valence-electron chi connectivity index (χ3n) is 3.12. The fourth-order valence-corrected chi connectivity index (χ4v) is 2.86. The Labute approximate surface area is 118 Å². The zero-order valence-electron chi connectivity index (χ0n) is 11.4. The molecule has 0 amide bonds. The van der Waals surface area contributed by atoms with Crippen molar-refractivity contribution in [3.8, 4) is 0 Å². The van der Waals surface area contributed by atoms with Gasteiger partial charge < -0.3 is 4.90 Å². The van der Waals surface area contributed by atoms with Crippen LogP contribution in [0.1, 0.15) is 22.8 Å². The van der Waals surface area contributed by atoms with Crippen LogP contribution < -0.4 is 0 Å². The van der Waals surface area contributed by atoms with Gasteiger partial charge in [0.2, 0.25) is 0 Å². The normalized spacial score (nSPS) is 12.6. The van der Waals surface area contributed by atoms with Gasteiger partial charge in [0, 0.05) is 24.6 Å². The van der Waals surface area contributed by atoms with Crippen molar-refractivity contribution in [3.63, 3.8) is 0 Å². The van der Waals surface area contributed by atoms with E-state index in [1.54, 1.807) is 11.3 Å². The summed E-state index contributed by atoms with van der Waals surface area (Å²) in [4.78, 5) is 14.5. The van der Waals surface area contributed by atoms with Crippen LogP contribution in [0, 0.1) is 5.92 Å². The summed E-state index contributed by atoms with van der Waals surface area (Å²) >= 11 is 1.71. The van der Waals surface area contributed by atoms with Crippen LogP contribution in [-0.2, 0) is 6.54 Å². The highest BCUT2D eigenvalue weighted by atomic mass is 32.1. The van der Waals surface area contributed by atoms with Gasteiger partial charge in [-0.15, -0.1) is 0 Å². The summed E-state index contributed by atoms with van der Waals surface area (Å²) in [6.07, 6.45) is 0. The Kier molecular flexibility index (Phi) is 4.88. The quantitative estimate of drug-likeness (QED) is 0.748. The highest BCUT2D eigenvalue weighted by Crippen LogP contribution is 2.13. The van der Waals surface area contributed by atoms with Gasteiger partial charge in [0.1, 0.15) is 0 Å². The number of benzene rings is 1. The Hall–Kier alpha value is -1.45. The third kappa shape index (κ3) is 4.01. The molecule has 19 heavy (non-hydrogen) atoms. The minimum atomic E-state index is 0.0195. The van der Waals surface area contributed by atoms with Crippen LogP contribution in [0.5, 0.6) is 0 Å². The van der Waals surface area contributed by atoms with E-state index in [2.05, 4.69) is 28.8 Å². The van der Waals surface area contributed by atoms with Gasteiger partial charge in [0.15, 0.2) is 5.78 Å². The molecule has 0 saturated heterocycles. The number of hydrogen-bond donors (Lipinski definition) is 0. The van der Waals surface area contributed by atoms with Crippen molar-refractivity contribution in [2.45, 2.75) is 13.5 Å². The van der Waals surface area contributed by atoms with Gasteiger partial charge in [-0.1, -0.05) is 37.3 Å². The molecule has 3 heteroatoms. The molecule has 1 atom stereocenters. The van der Waals surface area contributed by atoms with Crippen molar-refractivity contribution < 1.29 is 4.79 Å². The van der Waals surface area contributed by atoms with E-state index in [9.17, 15) is 4.79 Å². The lowest BCUT2D eigenvalue weighted by Crippen LogP contribution is -2.28. The fourth-order valence-electron chi connectivity index (χ4n) is 2.20. The molecular weight excluding hydrogens is 254 g/mol. The lowest BCUT2D eigenvalue weighted by molar-refractivity contribution is 0.0901. The molecule has 0 radical (unpaired) electrons. The van der Waals surface area contributed by atoms with E-state index in [4.69, 9.17) is 0 Å². The summed E-state index contributed by atoms with van der Waals surface area (Å²) in [5.41, 5.74) is 2.12.